The van der Waals surface area contributed by atoms with Crippen LogP contribution in [0.1, 0.15) is 55.8 Å². The Morgan fingerprint density at radius 2 is 1.83 bits per heavy atom. The molecule has 160 valence electrons. The molecule has 2 aromatic rings. The molecule has 4 rings (SSSR count). The third-order valence-corrected chi connectivity index (χ3v) is 6.38. The first-order valence-electron chi connectivity index (χ1n) is 11.5. The number of amides is 1. The molecule has 0 spiro atoms. The maximum Gasteiger partial charge on any atom is 0.251 e. The van der Waals surface area contributed by atoms with Gasteiger partial charge in [0.15, 0.2) is 0 Å². The fraction of sp³-hybridized carbons (Fsp3) is 0.542. The van der Waals surface area contributed by atoms with Crippen molar-refractivity contribution in [1.29, 1.82) is 0 Å². The highest BCUT2D eigenvalue weighted by molar-refractivity contribution is 5.94. The van der Waals surface area contributed by atoms with Crippen LogP contribution in [0.15, 0.2) is 36.5 Å². The van der Waals surface area contributed by atoms with Gasteiger partial charge in [-0.15, -0.1) is 0 Å². The van der Waals surface area contributed by atoms with Gasteiger partial charge in [0.05, 0.1) is 5.69 Å². The van der Waals surface area contributed by atoms with E-state index in [-0.39, 0.29) is 5.91 Å². The highest BCUT2D eigenvalue weighted by Crippen LogP contribution is 2.22. The van der Waals surface area contributed by atoms with Crippen molar-refractivity contribution < 1.29 is 4.79 Å². The van der Waals surface area contributed by atoms with Gasteiger partial charge in [0.1, 0.15) is 0 Å². The van der Waals surface area contributed by atoms with E-state index in [9.17, 15) is 4.79 Å². The number of aromatic nitrogens is 2. The highest BCUT2D eigenvalue weighted by atomic mass is 16.1. The van der Waals surface area contributed by atoms with E-state index in [1.807, 2.05) is 36.5 Å². The van der Waals surface area contributed by atoms with Crippen molar-refractivity contribution in [3.8, 4) is 11.3 Å². The summed E-state index contributed by atoms with van der Waals surface area (Å²) < 4.78 is 0. The first-order chi connectivity index (χ1) is 14.7. The zero-order chi connectivity index (χ0) is 20.8. The van der Waals surface area contributed by atoms with Gasteiger partial charge in [0.2, 0.25) is 5.95 Å². The predicted molar refractivity (Wildman–Crippen MR) is 121 cm³/mol. The molecule has 30 heavy (non-hydrogen) atoms. The van der Waals surface area contributed by atoms with Crippen LogP contribution in [0, 0.1) is 0 Å². The number of rotatable bonds is 7. The number of piperidine rings is 1. The highest BCUT2D eigenvalue weighted by Gasteiger charge is 2.20. The number of likely N-dealkylation sites (tertiary alicyclic amines) is 1. The van der Waals surface area contributed by atoms with Gasteiger partial charge in [-0.05, 0) is 56.8 Å². The Labute approximate surface area is 179 Å². The van der Waals surface area contributed by atoms with Crippen LogP contribution in [0.5, 0.6) is 0 Å². The molecule has 3 heterocycles. The van der Waals surface area contributed by atoms with E-state index in [1.54, 1.807) is 0 Å². The van der Waals surface area contributed by atoms with Crippen molar-refractivity contribution in [1.82, 2.24) is 20.2 Å². The number of anilines is 1. The van der Waals surface area contributed by atoms with Crippen LogP contribution >= 0.6 is 0 Å². The zero-order valence-electron chi connectivity index (χ0n) is 18.0. The molecular weight excluding hydrogens is 374 g/mol. The zero-order valence-corrected chi connectivity index (χ0v) is 18.0. The van der Waals surface area contributed by atoms with Gasteiger partial charge in [-0.3, -0.25) is 9.69 Å². The minimum absolute atomic E-state index is 0.00736. The van der Waals surface area contributed by atoms with Crippen LogP contribution in [-0.4, -0.2) is 59.5 Å². The topological polar surface area (TPSA) is 61.4 Å². The van der Waals surface area contributed by atoms with Gasteiger partial charge in [-0.1, -0.05) is 25.5 Å². The van der Waals surface area contributed by atoms with E-state index >= 15 is 0 Å². The van der Waals surface area contributed by atoms with Crippen molar-refractivity contribution in [3.05, 3.63) is 42.1 Å². The van der Waals surface area contributed by atoms with Gasteiger partial charge in [-0.2, -0.15) is 0 Å². The monoisotopic (exact) mass is 407 g/mol. The van der Waals surface area contributed by atoms with Crippen molar-refractivity contribution in [2.45, 2.75) is 51.5 Å². The number of carbonyl (C=O) groups is 1. The largest absolute Gasteiger partial charge is 0.351 e. The Morgan fingerprint density at radius 1 is 1.07 bits per heavy atom. The van der Waals surface area contributed by atoms with Gasteiger partial charge in [0.25, 0.3) is 5.91 Å². The first-order valence-corrected chi connectivity index (χ1v) is 11.5. The van der Waals surface area contributed by atoms with Crippen LogP contribution < -0.4 is 10.2 Å². The fourth-order valence-corrected chi connectivity index (χ4v) is 4.60. The first kappa shape index (κ1) is 20.8. The van der Waals surface area contributed by atoms with Gasteiger partial charge in [-0.25, -0.2) is 9.97 Å². The van der Waals surface area contributed by atoms with Crippen LogP contribution in [0.25, 0.3) is 11.3 Å². The minimum atomic E-state index is -0.00736. The summed E-state index contributed by atoms with van der Waals surface area (Å²) in [5.41, 5.74) is 2.60. The summed E-state index contributed by atoms with van der Waals surface area (Å²) in [5.74, 6) is 0.793. The second-order valence-corrected chi connectivity index (χ2v) is 8.36. The van der Waals surface area contributed by atoms with Crippen LogP contribution in [0.3, 0.4) is 0 Å². The third kappa shape index (κ3) is 4.98. The van der Waals surface area contributed by atoms with E-state index in [1.165, 1.54) is 38.5 Å². The lowest BCUT2D eigenvalue weighted by Gasteiger charge is -2.35. The molecule has 1 N–H and O–H groups in total. The molecule has 0 aliphatic carbocycles. The Hall–Kier alpha value is -2.47. The Morgan fingerprint density at radius 3 is 2.60 bits per heavy atom. The number of hydrogen-bond acceptors (Lipinski definition) is 5. The molecule has 0 saturated carbocycles. The lowest BCUT2D eigenvalue weighted by atomic mass is 10.0. The molecule has 6 heteroatoms. The normalized spacial score (nSPS) is 19.8. The fourth-order valence-electron chi connectivity index (χ4n) is 4.60. The van der Waals surface area contributed by atoms with E-state index in [0.29, 0.717) is 18.2 Å². The molecule has 0 bridgehead atoms. The molecule has 0 unspecified atom stereocenters. The minimum Gasteiger partial charge on any atom is -0.351 e. The van der Waals surface area contributed by atoms with E-state index in [4.69, 9.17) is 4.98 Å². The second kappa shape index (κ2) is 10.0. The summed E-state index contributed by atoms with van der Waals surface area (Å²) in [6, 6.07) is 10.3. The molecule has 2 aliphatic heterocycles. The molecular formula is C24H33N5O. The van der Waals surface area contributed by atoms with E-state index in [2.05, 4.69) is 27.0 Å². The maximum atomic E-state index is 12.6. The number of nitrogens with zero attached hydrogens (tertiary/aromatic N) is 4. The molecule has 2 fully saturated rings. The number of nitrogens with one attached hydrogen (secondary N) is 1. The summed E-state index contributed by atoms with van der Waals surface area (Å²) >= 11 is 0. The summed E-state index contributed by atoms with van der Waals surface area (Å²) in [4.78, 5) is 26.5. The lowest BCUT2D eigenvalue weighted by Crippen LogP contribution is -2.43. The summed E-state index contributed by atoms with van der Waals surface area (Å²) in [5, 5.41) is 3.08. The average Bonchev–Trinajstić information content (AvgIpc) is 3.35. The molecule has 1 atom stereocenters. The summed E-state index contributed by atoms with van der Waals surface area (Å²) in [6.45, 7) is 7.10. The van der Waals surface area contributed by atoms with Crippen molar-refractivity contribution in [3.63, 3.8) is 0 Å². The molecule has 1 aromatic heterocycles. The lowest BCUT2D eigenvalue weighted by molar-refractivity contribution is 0.0934. The van der Waals surface area contributed by atoms with Gasteiger partial charge >= 0.3 is 0 Å². The van der Waals surface area contributed by atoms with E-state index in [0.717, 1.165) is 43.4 Å². The van der Waals surface area contributed by atoms with E-state index < -0.39 is 0 Å². The van der Waals surface area contributed by atoms with Crippen LogP contribution in [0.4, 0.5) is 5.95 Å². The Bertz CT molecular complexity index is 832. The summed E-state index contributed by atoms with van der Waals surface area (Å²) in [7, 11) is 0. The van der Waals surface area contributed by atoms with Crippen LogP contribution in [0.2, 0.25) is 0 Å². The SMILES string of the molecule is CC[C@H]1CCCCN1CCNC(=O)c1ccc(-c2ccnc(N3CCCC3)n2)cc1. The van der Waals surface area contributed by atoms with Crippen molar-refractivity contribution >= 4 is 11.9 Å². The summed E-state index contributed by atoms with van der Waals surface area (Å²) in [6.07, 6.45) is 9.31. The third-order valence-electron chi connectivity index (χ3n) is 6.38. The Balaban J connectivity index is 1.33. The quantitative estimate of drug-likeness (QED) is 0.758. The molecule has 6 nitrogen and oxygen atoms in total. The number of carbonyl (C=O) groups excluding carboxylic acids is 1. The van der Waals surface area contributed by atoms with Crippen molar-refractivity contribution in [2.75, 3.05) is 37.6 Å². The van der Waals surface area contributed by atoms with Gasteiger partial charge in [0, 0.05) is 49.5 Å². The smallest absolute Gasteiger partial charge is 0.251 e. The molecule has 0 radical (unpaired) electrons. The number of hydrogen-bond donors (Lipinski definition) is 1. The second-order valence-electron chi connectivity index (χ2n) is 8.36. The average molecular weight is 408 g/mol. The van der Waals surface area contributed by atoms with Crippen molar-refractivity contribution in [2.24, 2.45) is 0 Å². The predicted octanol–water partition coefficient (Wildman–Crippen LogP) is 3.74. The maximum absolute atomic E-state index is 12.6. The number of benzene rings is 1. The molecule has 1 aromatic carbocycles. The Kier molecular flexibility index (Phi) is 6.95. The standard InChI is InChI=1S/C24H33N5O/c1-2-21-7-3-4-15-28(21)18-14-25-23(30)20-10-8-19(9-11-20)22-12-13-26-24(27-22)29-16-5-6-17-29/h8-13,21H,2-7,14-18H2,1H3,(H,25,30)/t21-/m0/s1. The molecule has 1 amide bonds. The molecule has 2 saturated heterocycles. The van der Waals surface area contributed by atoms with Crippen LogP contribution in [-0.2, 0) is 0 Å². The molecule has 2 aliphatic rings. The van der Waals surface area contributed by atoms with Gasteiger partial charge < -0.3 is 10.2 Å².